The molecular formula is C30H34BN5O6. The van der Waals surface area contributed by atoms with Gasteiger partial charge in [0, 0.05) is 25.4 Å². The molecule has 12 heteroatoms. The van der Waals surface area contributed by atoms with E-state index in [0.29, 0.717) is 13.0 Å². The van der Waals surface area contributed by atoms with E-state index >= 15 is 0 Å². The van der Waals surface area contributed by atoms with Gasteiger partial charge in [0.05, 0.1) is 25.2 Å². The topological polar surface area (TPSA) is 140 Å². The molecule has 1 aromatic heterocycles. The molecule has 2 amide bonds. The highest BCUT2D eigenvalue weighted by molar-refractivity contribution is 6.51. The first kappa shape index (κ1) is 30.4. The molecule has 0 aliphatic carbocycles. The third kappa shape index (κ3) is 9.23. The van der Waals surface area contributed by atoms with Crippen molar-refractivity contribution in [3.63, 3.8) is 0 Å². The maximum Gasteiger partial charge on any atom is 0.622 e. The van der Waals surface area contributed by atoms with Crippen molar-refractivity contribution in [2.45, 2.75) is 45.2 Å². The van der Waals surface area contributed by atoms with Crippen molar-refractivity contribution >= 4 is 30.9 Å². The number of benzene rings is 2. The molecular weight excluding hydrogens is 537 g/mol. The van der Waals surface area contributed by atoms with E-state index in [1.807, 2.05) is 74.5 Å². The second-order valence-corrected chi connectivity index (χ2v) is 10.5. The number of hydrogen-bond donors (Lipinski definition) is 2. The van der Waals surface area contributed by atoms with Crippen LogP contribution < -0.4 is 10.6 Å². The monoisotopic (exact) mass is 571 g/mol. The maximum absolute atomic E-state index is 13.7. The molecule has 0 bridgehead atoms. The lowest BCUT2D eigenvalue weighted by Gasteiger charge is -2.30. The Morgan fingerprint density at radius 2 is 1.52 bits per heavy atom. The van der Waals surface area contributed by atoms with Gasteiger partial charge in [-0.2, -0.15) is 0 Å². The molecule has 0 saturated carbocycles. The van der Waals surface area contributed by atoms with Crippen molar-refractivity contribution in [3.8, 4) is 0 Å². The van der Waals surface area contributed by atoms with Gasteiger partial charge in [-0.1, -0.05) is 74.5 Å². The molecule has 0 radical (unpaired) electrons. The Bertz CT molecular complexity index is 1330. The van der Waals surface area contributed by atoms with Crippen LogP contribution in [0.4, 0.5) is 0 Å². The van der Waals surface area contributed by atoms with Crippen LogP contribution in [0.25, 0.3) is 0 Å². The van der Waals surface area contributed by atoms with E-state index in [-0.39, 0.29) is 31.1 Å². The summed E-state index contributed by atoms with van der Waals surface area (Å²) in [5, 5.41) is 5.61. The van der Waals surface area contributed by atoms with Gasteiger partial charge in [-0.05, 0) is 23.5 Å². The highest BCUT2D eigenvalue weighted by atomic mass is 16.6. The first-order chi connectivity index (χ1) is 20.3. The van der Waals surface area contributed by atoms with Gasteiger partial charge in [0.1, 0.15) is 11.7 Å². The van der Waals surface area contributed by atoms with Crippen molar-refractivity contribution in [1.29, 1.82) is 0 Å². The van der Waals surface area contributed by atoms with Crippen LogP contribution in [0, 0.1) is 5.92 Å². The normalized spacial score (nSPS) is 15.5. The Morgan fingerprint density at radius 3 is 2.10 bits per heavy atom. The molecule has 2 atom stereocenters. The summed E-state index contributed by atoms with van der Waals surface area (Å²) in [7, 11) is -1.33. The maximum atomic E-state index is 13.7. The molecule has 11 nitrogen and oxygen atoms in total. The Kier molecular flexibility index (Phi) is 10.8. The third-order valence-corrected chi connectivity index (χ3v) is 6.53. The Hall–Kier alpha value is -4.58. The van der Waals surface area contributed by atoms with Crippen LogP contribution in [0.5, 0.6) is 0 Å². The summed E-state index contributed by atoms with van der Waals surface area (Å²) in [4.78, 5) is 61.9. The average Bonchev–Trinajstić information content (AvgIpc) is 2.96. The summed E-state index contributed by atoms with van der Waals surface area (Å²) in [5.41, 5.74) is 1.82. The highest BCUT2D eigenvalue weighted by Crippen LogP contribution is 2.15. The van der Waals surface area contributed by atoms with Gasteiger partial charge in [-0.3, -0.25) is 29.1 Å². The minimum Gasteiger partial charge on any atom is -0.497 e. The van der Waals surface area contributed by atoms with E-state index in [1.54, 1.807) is 4.90 Å². The fraction of sp³-hybridized carbons (Fsp3) is 0.333. The molecule has 2 N–H and O–H groups in total. The summed E-state index contributed by atoms with van der Waals surface area (Å²) in [5.74, 6) is -3.05. The zero-order valence-corrected chi connectivity index (χ0v) is 23.6. The Balaban J connectivity index is 1.49. The summed E-state index contributed by atoms with van der Waals surface area (Å²) >= 11 is 0. The van der Waals surface area contributed by atoms with E-state index in [9.17, 15) is 19.2 Å². The number of carbonyl (C=O) groups excluding carboxylic acids is 4. The average molecular weight is 571 g/mol. The van der Waals surface area contributed by atoms with Gasteiger partial charge in [0.15, 0.2) is 0 Å². The molecule has 1 aliphatic heterocycles. The first-order valence-electron chi connectivity index (χ1n) is 13.8. The van der Waals surface area contributed by atoms with Gasteiger partial charge in [0.25, 0.3) is 5.91 Å². The number of carbonyl (C=O) groups is 4. The molecule has 2 aromatic carbocycles. The molecule has 0 spiro atoms. The van der Waals surface area contributed by atoms with Gasteiger partial charge in [-0.25, -0.2) is 4.98 Å². The largest absolute Gasteiger partial charge is 0.622 e. The van der Waals surface area contributed by atoms with Gasteiger partial charge in [0.2, 0.25) is 5.91 Å². The fourth-order valence-corrected chi connectivity index (χ4v) is 4.63. The first-order valence-corrected chi connectivity index (χ1v) is 13.8. The number of nitrogens with zero attached hydrogens (tertiary/aromatic N) is 3. The summed E-state index contributed by atoms with van der Waals surface area (Å²) in [6.45, 7) is 4.00. The van der Waals surface area contributed by atoms with Crippen molar-refractivity contribution in [3.05, 3.63) is 96.1 Å². The van der Waals surface area contributed by atoms with E-state index in [1.165, 1.54) is 18.6 Å². The lowest BCUT2D eigenvalue weighted by molar-refractivity contribution is -0.147. The van der Waals surface area contributed by atoms with Gasteiger partial charge < -0.3 is 19.9 Å². The van der Waals surface area contributed by atoms with Crippen molar-refractivity contribution in [2.24, 2.45) is 5.92 Å². The zero-order valence-electron chi connectivity index (χ0n) is 23.6. The Labute approximate surface area is 245 Å². The van der Waals surface area contributed by atoms with Crippen LogP contribution in [-0.2, 0) is 36.7 Å². The molecule has 1 saturated heterocycles. The lowest BCUT2D eigenvalue weighted by atomic mass is 9.73. The van der Waals surface area contributed by atoms with E-state index in [2.05, 4.69) is 20.6 Å². The van der Waals surface area contributed by atoms with E-state index in [0.717, 1.165) is 11.1 Å². The predicted molar refractivity (Wildman–Crippen MR) is 154 cm³/mol. The van der Waals surface area contributed by atoms with E-state index in [4.69, 9.17) is 9.31 Å². The van der Waals surface area contributed by atoms with Crippen LogP contribution in [0.2, 0.25) is 0 Å². The van der Waals surface area contributed by atoms with Crippen molar-refractivity contribution in [1.82, 2.24) is 25.5 Å². The number of rotatable bonds is 11. The second kappa shape index (κ2) is 14.9. The van der Waals surface area contributed by atoms with Crippen LogP contribution >= 0.6 is 0 Å². The van der Waals surface area contributed by atoms with Crippen molar-refractivity contribution in [2.75, 3.05) is 13.1 Å². The number of amides is 2. The molecule has 2 heterocycles. The Morgan fingerprint density at radius 1 is 0.905 bits per heavy atom. The van der Waals surface area contributed by atoms with Crippen LogP contribution in [0.15, 0.2) is 79.3 Å². The van der Waals surface area contributed by atoms with Crippen LogP contribution in [0.1, 0.15) is 41.9 Å². The fourth-order valence-electron chi connectivity index (χ4n) is 4.63. The standard InChI is InChI=1S/C30H34BN5O6/c1-21(2)15-26(31-41-27(37)19-36(20-28(38)42-31)18-23-11-7-4-8-12-23)35-29(39)24(16-22-9-5-3-6-10-22)34-30(40)25-17-32-13-14-33-25/h3-14,17,21,24,26H,15-16,18-20H2,1-2H3,(H,34,40)(H,35,39)/t24-,26-/m0/s1. The second-order valence-electron chi connectivity index (χ2n) is 10.5. The molecule has 42 heavy (non-hydrogen) atoms. The summed E-state index contributed by atoms with van der Waals surface area (Å²) in [6, 6.07) is 17.7. The van der Waals surface area contributed by atoms with Crippen LogP contribution in [-0.4, -0.2) is 70.8 Å². The van der Waals surface area contributed by atoms with Crippen LogP contribution in [0.3, 0.4) is 0 Å². The molecule has 3 aromatic rings. The lowest BCUT2D eigenvalue weighted by Crippen LogP contribution is -2.58. The molecule has 1 fully saturated rings. The van der Waals surface area contributed by atoms with Gasteiger partial charge >= 0.3 is 19.1 Å². The minimum absolute atomic E-state index is 0.0504. The quantitative estimate of drug-likeness (QED) is 0.331. The SMILES string of the molecule is CC(C)C[C@H](NC(=O)[C@H](Cc1ccccc1)NC(=O)c1cnccn1)B1OC(=O)CN(Cc2ccccc2)CC(=O)O1. The third-order valence-electron chi connectivity index (χ3n) is 6.53. The number of hydrogen-bond acceptors (Lipinski definition) is 9. The summed E-state index contributed by atoms with van der Waals surface area (Å²) in [6.07, 6.45) is 4.67. The molecule has 218 valence electrons. The molecule has 4 rings (SSSR count). The highest BCUT2D eigenvalue weighted by Gasteiger charge is 2.42. The number of aromatic nitrogens is 2. The number of nitrogens with one attached hydrogen (secondary N) is 2. The molecule has 1 aliphatic rings. The predicted octanol–water partition coefficient (Wildman–Crippen LogP) is 1.98. The zero-order chi connectivity index (χ0) is 29.9. The minimum atomic E-state index is -1.33. The summed E-state index contributed by atoms with van der Waals surface area (Å²) < 4.78 is 11.2. The van der Waals surface area contributed by atoms with E-state index < -0.39 is 42.9 Å². The van der Waals surface area contributed by atoms with Crippen molar-refractivity contribution < 1.29 is 28.5 Å². The van der Waals surface area contributed by atoms with Gasteiger partial charge in [-0.15, -0.1) is 0 Å². The molecule has 0 unspecified atom stereocenters. The smallest absolute Gasteiger partial charge is 0.497 e.